The van der Waals surface area contributed by atoms with Crippen LogP contribution in [0.15, 0.2) is 16.6 Å². The summed E-state index contributed by atoms with van der Waals surface area (Å²) >= 11 is 3.22. The van der Waals surface area contributed by atoms with Gasteiger partial charge in [-0.3, -0.25) is 0 Å². The highest BCUT2D eigenvalue weighted by atomic mass is 79.9. The average molecular weight is 343 g/mol. The molecule has 1 aromatic heterocycles. The molecule has 0 saturated carbocycles. The largest absolute Gasteiger partial charge is 0.369 e. The van der Waals surface area contributed by atoms with E-state index in [-0.39, 0.29) is 11.9 Å². The summed E-state index contributed by atoms with van der Waals surface area (Å²) in [6.45, 7) is 9.25. The number of rotatable bonds is 5. The minimum Gasteiger partial charge on any atom is -0.369 e. The third-order valence-corrected chi connectivity index (χ3v) is 4.22. The number of nitrogens with two attached hydrogens (primary N) is 1. The molecule has 0 fully saturated rings. The van der Waals surface area contributed by atoms with E-state index in [1.807, 2.05) is 4.57 Å². The molecule has 2 N–H and O–H groups in total. The minimum atomic E-state index is -0.321. The number of likely N-dealkylation sites (N-methyl/N-ethyl adjacent to an activating group) is 1. The molecule has 110 valence electrons. The van der Waals surface area contributed by atoms with E-state index >= 15 is 0 Å². The van der Waals surface area contributed by atoms with Crippen LogP contribution in [-0.4, -0.2) is 34.1 Å². The Labute approximate surface area is 126 Å². The maximum absolute atomic E-state index is 13.6. The third kappa shape index (κ3) is 2.81. The Morgan fingerprint density at radius 3 is 2.65 bits per heavy atom. The number of fused-ring (bicyclic) bond motifs is 1. The average Bonchev–Trinajstić information content (AvgIpc) is 2.71. The summed E-state index contributed by atoms with van der Waals surface area (Å²) in [6, 6.07) is 3.33. The fourth-order valence-corrected chi connectivity index (χ4v) is 2.84. The highest BCUT2D eigenvalue weighted by molar-refractivity contribution is 9.10. The zero-order valence-electron chi connectivity index (χ0n) is 12.0. The van der Waals surface area contributed by atoms with Crippen molar-refractivity contribution in [1.82, 2.24) is 14.5 Å². The van der Waals surface area contributed by atoms with Gasteiger partial charge in [0, 0.05) is 18.7 Å². The fraction of sp³-hybridized carbons (Fsp3) is 0.500. The first-order chi connectivity index (χ1) is 9.47. The molecule has 20 heavy (non-hydrogen) atoms. The van der Waals surface area contributed by atoms with Crippen LogP contribution >= 0.6 is 15.9 Å². The zero-order valence-corrected chi connectivity index (χ0v) is 13.6. The van der Waals surface area contributed by atoms with Crippen molar-refractivity contribution in [2.24, 2.45) is 0 Å². The normalized spacial score (nSPS) is 13.3. The first-order valence-electron chi connectivity index (χ1n) is 6.82. The molecule has 4 nitrogen and oxygen atoms in total. The molecule has 1 heterocycles. The fourth-order valence-electron chi connectivity index (χ4n) is 2.51. The molecule has 0 radical (unpaired) electrons. The van der Waals surface area contributed by atoms with Gasteiger partial charge in [0.1, 0.15) is 5.82 Å². The van der Waals surface area contributed by atoms with Gasteiger partial charge in [0.2, 0.25) is 5.95 Å². The number of hydrogen-bond donors (Lipinski definition) is 1. The first-order valence-corrected chi connectivity index (χ1v) is 7.62. The smallest absolute Gasteiger partial charge is 0.201 e. The molecule has 0 saturated heterocycles. The molecule has 2 aromatic rings. The third-order valence-electron chi connectivity index (χ3n) is 3.62. The van der Waals surface area contributed by atoms with E-state index < -0.39 is 0 Å². The van der Waals surface area contributed by atoms with E-state index in [4.69, 9.17) is 5.73 Å². The Bertz CT molecular complexity index is 607. The number of aromatic nitrogens is 2. The van der Waals surface area contributed by atoms with Crippen molar-refractivity contribution in [2.75, 3.05) is 25.4 Å². The van der Waals surface area contributed by atoms with Crippen molar-refractivity contribution < 1.29 is 4.39 Å². The Morgan fingerprint density at radius 1 is 1.40 bits per heavy atom. The van der Waals surface area contributed by atoms with Gasteiger partial charge in [-0.1, -0.05) is 13.8 Å². The van der Waals surface area contributed by atoms with E-state index in [0.29, 0.717) is 15.9 Å². The second-order valence-corrected chi connectivity index (χ2v) is 5.78. The minimum absolute atomic E-state index is 0.178. The lowest BCUT2D eigenvalue weighted by Crippen LogP contribution is -2.29. The van der Waals surface area contributed by atoms with Crippen molar-refractivity contribution in [2.45, 2.75) is 26.8 Å². The van der Waals surface area contributed by atoms with Crippen molar-refractivity contribution in [3.63, 3.8) is 0 Å². The Balaban J connectivity index is 2.42. The van der Waals surface area contributed by atoms with Crippen LogP contribution in [0.5, 0.6) is 0 Å². The van der Waals surface area contributed by atoms with Crippen molar-refractivity contribution in [1.29, 1.82) is 0 Å². The topological polar surface area (TPSA) is 47.1 Å². The number of anilines is 1. The number of hydrogen-bond acceptors (Lipinski definition) is 3. The van der Waals surface area contributed by atoms with Gasteiger partial charge >= 0.3 is 0 Å². The summed E-state index contributed by atoms with van der Waals surface area (Å²) in [5, 5.41) is 0. The van der Waals surface area contributed by atoms with Crippen molar-refractivity contribution >= 4 is 32.9 Å². The summed E-state index contributed by atoms with van der Waals surface area (Å²) in [5.74, 6) is 0.107. The van der Waals surface area contributed by atoms with Gasteiger partial charge in [0.25, 0.3) is 0 Å². The van der Waals surface area contributed by atoms with Crippen LogP contribution in [0.25, 0.3) is 11.0 Å². The van der Waals surface area contributed by atoms with Crippen LogP contribution in [0.3, 0.4) is 0 Å². The molecule has 0 aliphatic heterocycles. The molecule has 0 spiro atoms. The predicted molar refractivity (Wildman–Crippen MR) is 84.3 cm³/mol. The Hall–Kier alpha value is -1.14. The van der Waals surface area contributed by atoms with Crippen LogP contribution in [-0.2, 0) is 0 Å². The predicted octanol–water partition coefficient (Wildman–Crippen LogP) is 3.42. The summed E-state index contributed by atoms with van der Waals surface area (Å²) in [6.07, 6.45) is 0. The van der Waals surface area contributed by atoms with Crippen LogP contribution in [0, 0.1) is 5.82 Å². The zero-order chi connectivity index (χ0) is 14.9. The van der Waals surface area contributed by atoms with E-state index in [1.165, 1.54) is 6.07 Å². The maximum Gasteiger partial charge on any atom is 0.201 e. The monoisotopic (exact) mass is 342 g/mol. The summed E-state index contributed by atoms with van der Waals surface area (Å²) in [5.41, 5.74) is 7.46. The van der Waals surface area contributed by atoms with E-state index in [1.54, 1.807) is 6.07 Å². The summed E-state index contributed by atoms with van der Waals surface area (Å²) < 4.78 is 16.0. The van der Waals surface area contributed by atoms with Crippen LogP contribution < -0.4 is 5.73 Å². The Morgan fingerprint density at radius 2 is 2.05 bits per heavy atom. The first kappa shape index (κ1) is 15.3. The van der Waals surface area contributed by atoms with Crippen LogP contribution in [0.4, 0.5) is 10.3 Å². The summed E-state index contributed by atoms with van der Waals surface area (Å²) in [7, 11) is 0. The number of nitrogen functional groups attached to an aromatic ring is 1. The molecule has 1 unspecified atom stereocenters. The van der Waals surface area contributed by atoms with Crippen LogP contribution in [0.1, 0.15) is 26.8 Å². The van der Waals surface area contributed by atoms with Gasteiger partial charge in [0.15, 0.2) is 0 Å². The van der Waals surface area contributed by atoms with Gasteiger partial charge in [-0.2, -0.15) is 0 Å². The molecule has 0 amide bonds. The van der Waals surface area contributed by atoms with Crippen molar-refractivity contribution in [3.05, 3.63) is 22.4 Å². The quantitative estimate of drug-likeness (QED) is 0.905. The standard InChI is InChI=1S/C14H20BrFN4/c1-4-19(5-2)8-9(3)20-13-6-10(15)11(16)7-12(13)18-14(20)17/h6-7,9H,4-5,8H2,1-3H3,(H2,17,18). The second kappa shape index (κ2) is 6.10. The Kier molecular flexibility index (Phi) is 4.65. The van der Waals surface area contributed by atoms with Gasteiger partial charge in [-0.25, -0.2) is 9.37 Å². The summed E-state index contributed by atoms with van der Waals surface area (Å²) in [4.78, 5) is 6.58. The van der Waals surface area contributed by atoms with E-state index in [2.05, 4.69) is 46.6 Å². The highest BCUT2D eigenvalue weighted by Crippen LogP contribution is 2.28. The highest BCUT2D eigenvalue weighted by Gasteiger charge is 2.17. The molecule has 0 bridgehead atoms. The maximum atomic E-state index is 13.6. The molecule has 0 aliphatic carbocycles. The number of halogens is 2. The molecule has 0 aliphatic rings. The van der Waals surface area contributed by atoms with Crippen LogP contribution in [0.2, 0.25) is 0 Å². The number of benzene rings is 1. The van der Waals surface area contributed by atoms with E-state index in [9.17, 15) is 4.39 Å². The molecular formula is C14H20BrFN4. The van der Waals surface area contributed by atoms with Gasteiger partial charge in [-0.05, 0) is 42.0 Å². The van der Waals surface area contributed by atoms with Crippen molar-refractivity contribution in [3.8, 4) is 0 Å². The lowest BCUT2D eigenvalue weighted by atomic mass is 10.2. The number of nitrogens with zero attached hydrogens (tertiary/aromatic N) is 3. The van der Waals surface area contributed by atoms with Gasteiger partial charge in [-0.15, -0.1) is 0 Å². The molecule has 1 aromatic carbocycles. The number of imidazole rings is 1. The second-order valence-electron chi connectivity index (χ2n) is 4.93. The SMILES string of the molecule is CCN(CC)CC(C)n1c(N)nc2cc(F)c(Br)cc21. The molecular weight excluding hydrogens is 323 g/mol. The van der Waals surface area contributed by atoms with E-state index in [0.717, 1.165) is 25.2 Å². The molecule has 6 heteroatoms. The lowest BCUT2D eigenvalue weighted by molar-refractivity contribution is 0.264. The molecule has 2 rings (SSSR count). The lowest BCUT2D eigenvalue weighted by Gasteiger charge is -2.24. The molecule has 1 atom stereocenters. The van der Waals surface area contributed by atoms with Gasteiger partial charge in [0.05, 0.1) is 15.5 Å². The van der Waals surface area contributed by atoms with Gasteiger partial charge < -0.3 is 15.2 Å².